The van der Waals surface area contributed by atoms with Crippen LogP contribution in [0.5, 0.6) is 0 Å². The summed E-state index contributed by atoms with van der Waals surface area (Å²) in [7, 11) is 0. The van der Waals surface area contributed by atoms with E-state index >= 15 is 0 Å². The van der Waals surface area contributed by atoms with Crippen molar-refractivity contribution in [3.05, 3.63) is 35.7 Å². The fourth-order valence-corrected chi connectivity index (χ4v) is 1.50. The molecule has 2 heterocycles. The summed E-state index contributed by atoms with van der Waals surface area (Å²) in [6.07, 6.45) is 3.52. The van der Waals surface area contributed by atoms with Crippen LogP contribution in [0.1, 0.15) is 30.1 Å². The van der Waals surface area contributed by atoms with Crippen molar-refractivity contribution < 1.29 is 4.52 Å². The second-order valence-corrected chi connectivity index (χ2v) is 3.67. The predicted molar refractivity (Wildman–Crippen MR) is 55.2 cm³/mol. The van der Waals surface area contributed by atoms with Crippen LogP contribution in [0.15, 0.2) is 23.1 Å². The molecule has 0 aliphatic rings. The van der Waals surface area contributed by atoms with Crippen LogP contribution in [0.25, 0.3) is 0 Å². The van der Waals surface area contributed by atoms with Gasteiger partial charge in [0.05, 0.1) is 24.3 Å². The minimum absolute atomic E-state index is 0.0310. The Balaban J connectivity index is 2.20. The molecule has 0 saturated heterocycles. The smallest absolute Gasteiger partial charge is 0.156 e. The van der Waals surface area contributed by atoms with Gasteiger partial charge >= 0.3 is 0 Å². The quantitative estimate of drug-likeness (QED) is 0.820. The van der Waals surface area contributed by atoms with E-state index < -0.39 is 0 Å². The van der Waals surface area contributed by atoms with E-state index in [9.17, 15) is 0 Å². The summed E-state index contributed by atoms with van der Waals surface area (Å²) in [6, 6.07) is 1.88. The summed E-state index contributed by atoms with van der Waals surface area (Å²) < 4.78 is 7.10. The first kappa shape index (κ1) is 9.92. The molecule has 2 N–H and O–H groups in total. The van der Waals surface area contributed by atoms with E-state index in [0.29, 0.717) is 6.54 Å². The number of nitrogens with two attached hydrogens (primary N) is 1. The molecule has 0 amide bonds. The van der Waals surface area contributed by atoms with Crippen LogP contribution in [0.4, 0.5) is 0 Å². The SMILES string of the molecule is Cc1cc(Cn2cncc2[C@@H](C)N)on1. The topological polar surface area (TPSA) is 69.9 Å². The third-order valence-corrected chi connectivity index (χ3v) is 2.21. The fourth-order valence-electron chi connectivity index (χ4n) is 1.50. The first-order valence-corrected chi connectivity index (χ1v) is 4.84. The van der Waals surface area contributed by atoms with Crippen LogP contribution < -0.4 is 5.73 Å². The third-order valence-electron chi connectivity index (χ3n) is 2.21. The van der Waals surface area contributed by atoms with Crippen molar-refractivity contribution in [3.8, 4) is 0 Å². The Kier molecular flexibility index (Phi) is 2.55. The highest BCUT2D eigenvalue weighted by atomic mass is 16.5. The van der Waals surface area contributed by atoms with Gasteiger partial charge in [0.25, 0.3) is 0 Å². The maximum atomic E-state index is 5.81. The molecule has 0 aliphatic heterocycles. The van der Waals surface area contributed by atoms with Gasteiger partial charge in [-0.1, -0.05) is 5.16 Å². The molecule has 0 unspecified atom stereocenters. The molecular formula is C10H14N4O. The number of hydrogen-bond acceptors (Lipinski definition) is 4. The maximum Gasteiger partial charge on any atom is 0.156 e. The average molecular weight is 206 g/mol. The Labute approximate surface area is 87.9 Å². The Morgan fingerprint density at radius 3 is 3.00 bits per heavy atom. The van der Waals surface area contributed by atoms with Crippen LogP contribution in [-0.2, 0) is 6.54 Å². The van der Waals surface area contributed by atoms with Crippen molar-refractivity contribution in [3.63, 3.8) is 0 Å². The first-order valence-electron chi connectivity index (χ1n) is 4.84. The summed E-state index contributed by atoms with van der Waals surface area (Å²) in [5, 5.41) is 3.83. The Bertz CT molecular complexity index is 444. The van der Waals surface area contributed by atoms with Crippen molar-refractivity contribution >= 4 is 0 Å². The summed E-state index contributed by atoms with van der Waals surface area (Å²) in [5.41, 5.74) is 7.68. The average Bonchev–Trinajstić information content (AvgIpc) is 2.75. The largest absolute Gasteiger partial charge is 0.359 e. The van der Waals surface area contributed by atoms with E-state index in [1.807, 2.05) is 24.5 Å². The highest BCUT2D eigenvalue weighted by molar-refractivity contribution is 5.08. The van der Waals surface area contributed by atoms with E-state index in [1.54, 1.807) is 12.5 Å². The molecule has 5 heteroatoms. The standard InChI is InChI=1S/C10H14N4O/c1-7-3-9(15-13-7)5-14-6-12-4-10(14)8(2)11/h3-4,6,8H,5,11H2,1-2H3/t8-/m1/s1. The van der Waals surface area contributed by atoms with Gasteiger partial charge in [-0.2, -0.15) is 0 Å². The summed E-state index contributed by atoms with van der Waals surface area (Å²) >= 11 is 0. The fraction of sp³-hybridized carbons (Fsp3) is 0.400. The van der Waals surface area contributed by atoms with Crippen LogP contribution in [-0.4, -0.2) is 14.7 Å². The zero-order valence-electron chi connectivity index (χ0n) is 8.84. The lowest BCUT2D eigenvalue weighted by Gasteiger charge is -2.08. The Hall–Kier alpha value is -1.62. The van der Waals surface area contributed by atoms with E-state index in [4.69, 9.17) is 10.3 Å². The van der Waals surface area contributed by atoms with Gasteiger partial charge in [0.15, 0.2) is 5.76 Å². The lowest BCUT2D eigenvalue weighted by molar-refractivity contribution is 0.371. The van der Waals surface area contributed by atoms with Gasteiger partial charge in [0.1, 0.15) is 0 Å². The molecule has 0 aromatic carbocycles. The molecule has 80 valence electrons. The second-order valence-electron chi connectivity index (χ2n) is 3.67. The van der Waals surface area contributed by atoms with Gasteiger partial charge in [0.2, 0.25) is 0 Å². The molecular weight excluding hydrogens is 192 g/mol. The molecule has 0 radical (unpaired) electrons. The maximum absolute atomic E-state index is 5.81. The molecule has 15 heavy (non-hydrogen) atoms. The van der Waals surface area contributed by atoms with E-state index in [0.717, 1.165) is 17.1 Å². The minimum Gasteiger partial charge on any atom is -0.359 e. The zero-order valence-corrected chi connectivity index (χ0v) is 8.84. The highest BCUT2D eigenvalue weighted by Crippen LogP contribution is 2.12. The molecule has 5 nitrogen and oxygen atoms in total. The normalized spacial score (nSPS) is 13.0. The van der Waals surface area contributed by atoms with Gasteiger partial charge in [-0.05, 0) is 13.8 Å². The highest BCUT2D eigenvalue weighted by Gasteiger charge is 2.09. The van der Waals surface area contributed by atoms with Crippen LogP contribution in [0, 0.1) is 6.92 Å². The molecule has 0 fully saturated rings. The van der Waals surface area contributed by atoms with E-state index in [1.165, 1.54) is 0 Å². The molecule has 0 spiro atoms. The van der Waals surface area contributed by atoms with Crippen molar-refractivity contribution in [2.75, 3.05) is 0 Å². The molecule has 0 bridgehead atoms. The van der Waals surface area contributed by atoms with Crippen molar-refractivity contribution in [1.29, 1.82) is 0 Å². The zero-order chi connectivity index (χ0) is 10.8. The third kappa shape index (κ3) is 2.07. The summed E-state index contributed by atoms with van der Waals surface area (Å²) in [5.74, 6) is 0.812. The molecule has 2 aromatic rings. The lowest BCUT2D eigenvalue weighted by atomic mass is 10.2. The van der Waals surface area contributed by atoms with Gasteiger partial charge in [-0.15, -0.1) is 0 Å². The number of hydrogen-bond donors (Lipinski definition) is 1. The van der Waals surface area contributed by atoms with Crippen molar-refractivity contribution in [2.45, 2.75) is 26.4 Å². The summed E-state index contributed by atoms with van der Waals surface area (Å²) in [6.45, 7) is 4.45. The number of aryl methyl sites for hydroxylation is 1. The molecule has 1 atom stereocenters. The van der Waals surface area contributed by atoms with E-state index in [-0.39, 0.29) is 6.04 Å². The Morgan fingerprint density at radius 2 is 2.40 bits per heavy atom. The van der Waals surface area contributed by atoms with E-state index in [2.05, 4.69) is 10.1 Å². The van der Waals surface area contributed by atoms with Gasteiger partial charge in [-0.3, -0.25) is 0 Å². The minimum atomic E-state index is -0.0310. The molecule has 0 aliphatic carbocycles. The first-order chi connectivity index (χ1) is 7.16. The second kappa shape index (κ2) is 3.86. The van der Waals surface area contributed by atoms with Gasteiger partial charge in [-0.25, -0.2) is 4.98 Å². The van der Waals surface area contributed by atoms with Crippen LogP contribution >= 0.6 is 0 Å². The summed E-state index contributed by atoms with van der Waals surface area (Å²) in [4.78, 5) is 4.07. The van der Waals surface area contributed by atoms with Crippen molar-refractivity contribution in [1.82, 2.24) is 14.7 Å². The predicted octanol–water partition coefficient (Wildman–Crippen LogP) is 1.25. The van der Waals surface area contributed by atoms with Gasteiger partial charge < -0.3 is 14.8 Å². The molecule has 2 rings (SSSR count). The molecule has 0 saturated carbocycles. The number of rotatable bonds is 3. The van der Waals surface area contributed by atoms with Crippen molar-refractivity contribution in [2.24, 2.45) is 5.73 Å². The lowest BCUT2D eigenvalue weighted by Crippen LogP contribution is -2.12. The molecule has 2 aromatic heterocycles. The van der Waals surface area contributed by atoms with Crippen LogP contribution in [0.3, 0.4) is 0 Å². The van der Waals surface area contributed by atoms with Crippen LogP contribution in [0.2, 0.25) is 0 Å². The number of nitrogens with zero attached hydrogens (tertiary/aromatic N) is 3. The number of aromatic nitrogens is 3. The Morgan fingerprint density at radius 1 is 1.60 bits per heavy atom. The number of imidazole rings is 1. The van der Waals surface area contributed by atoms with Gasteiger partial charge in [0, 0.05) is 18.3 Å². The monoisotopic (exact) mass is 206 g/mol.